The first kappa shape index (κ1) is 23.1. The van der Waals surface area contributed by atoms with Crippen molar-refractivity contribution in [3.63, 3.8) is 0 Å². The number of aromatic nitrogens is 3. The first-order chi connectivity index (χ1) is 14.2. The van der Waals surface area contributed by atoms with Gasteiger partial charge in [0.05, 0.1) is 11.7 Å². The predicted octanol–water partition coefficient (Wildman–Crippen LogP) is 3.85. The van der Waals surface area contributed by atoms with Crippen molar-refractivity contribution < 1.29 is 9.53 Å². The van der Waals surface area contributed by atoms with Crippen LogP contribution in [0.1, 0.15) is 34.5 Å². The summed E-state index contributed by atoms with van der Waals surface area (Å²) in [5.74, 6) is 0.0721. The highest BCUT2D eigenvalue weighted by molar-refractivity contribution is 5.85. The van der Waals surface area contributed by atoms with E-state index in [-0.39, 0.29) is 42.9 Å². The van der Waals surface area contributed by atoms with E-state index in [0.29, 0.717) is 26.2 Å². The fourth-order valence-electron chi connectivity index (χ4n) is 4.41. The Morgan fingerprint density at radius 1 is 1.06 bits per heavy atom. The van der Waals surface area contributed by atoms with Crippen molar-refractivity contribution in [3.8, 4) is 11.1 Å². The number of rotatable bonds is 3. The number of halogens is 2. The number of piperazine rings is 1. The molecule has 1 aromatic heterocycles. The molecule has 5 rings (SSSR count). The van der Waals surface area contributed by atoms with Crippen molar-refractivity contribution in [2.45, 2.75) is 18.9 Å². The normalized spacial score (nSPS) is 17.2. The number of aryl methyl sites for hydroxylation is 1. The number of amides is 1. The summed E-state index contributed by atoms with van der Waals surface area (Å²) >= 11 is 0. The molecule has 1 saturated heterocycles. The molecule has 164 valence electrons. The Morgan fingerprint density at radius 2 is 1.71 bits per heavy atom. The van der Waals surface area contributed by atoms with Crippen LogP contribution in [0.4, 0.5) is 4.79 Å². The molecule has 7 nitrogen and oxygen atoms in total. The highest BCUT2D eigenvalue weighted by Gasteiger charge is 2.31. The van der Waals surface area contributed by atoms with Gasteiger partial charge in [0.15, 0.2) is 0 Å². The first-order valence-corrected chi connectivity index (χ1v) is 9.93. The second kappa shape index (κ2) is 9.68. The van der Waals surface area contributed by atoms with Crippen molar-refractivity contribution in [2.75, 3.05) is 26.2 Å². The summed E-state index contributed by atoms with van der Waals surface area (Å²) in [6.45, 7) is 4.08. The van der Waals surface area contributed by atoms with E-state index in [1.807, 2.05) is 19.1 Å². The van der Waals surface area contributed by atoms with Gasteiger partial charge >= 0.3 is 6.09 Å². The van der Waals surface area contributed by atoms with Crippen LogP contribution in [0.5, 0.6) is 0 Å². The van der Waals surface area contributed by atoms with E-state index in [1.54, 1.807) is 4.90 Å². The molecule has 9 heteroatoms. The maximum absolute atomic E-state index is 12.8. The van der Waals surface area contributed by atoms with Crippen molar-refractivity contribution in [2.24, 2.45) is 0 Å². The summed E-state index contributed by atoms with van der Waals surface area (Å²) in [7, 11) is 0. The van der Waals surface area contributed by atoms with Gasteiger partial charge in [-0.1, -0.05) is 48.5 Å². The number of carbonyl (C=O) groups excluding carboxylic acids is 1. The van der Waals surface area contributed by atoms with Gasteiger partial charge in [-0.3, -0.25) is 0 Å². The van der Waals surface area contributed by atoms with E-state index < -0.39 is 0 Å². The number of hydrogen-bond acceptors (Lipinski definition) is 5. The Morgan fingerprint density at radius 3 is 2.32 bits per heavy atom. The Hall–Kier alpha value is -2.61. The fraction of sp³-hybridized carbons (Fsp3) is 0.318. The van der Waals surface area contributed by atoms with Crippen molar-refractivity contribution in [3.05, 3.63) is 71.0 Å². The molecule has 0 spiro atoms. The number of H-pyrrole nitrogens is 1. The van der Waals surface area contributed by atoms with E-state index in [4.69, 9.17) is 4.74 Å². The van der Waals surface area contributed by atoms with E-state index in [0.717, 1.165) is 11.4 Å². The summed E-state index contributed by atoms with van der Waals surface area (Å²) in [4.78, 5) is 14.6. The van der Waals surface area contributed by atoms with Crippen LogP contribution >= 0.6 is 24.8 Å². The number of carbonyl (C=O) groups is 1. The molecule has 2 aliphatic rings. The number of benzene rings is 2. The molecule has 1 aliphatic carbocycles. The molecule has 2 N–H and O–H groups in total. The Balaban J connectivity index is 0.00000136. The minimum atomic E-state index is -0.278. The van der Waals surface area contributed by atoms with Crippen molar-refractivity contribution in [1.29, 1.82) is 0 Å². The van der Waals surface area contributed by atoms with Crippen LogP contribution in [0, 0.1) is 6.92 Å². The largest absolute Gasteiger partial charge is 0.448 e. The number of aromatic amines is 1. The molecule has 1 aliphatic heterocycles. The molecular formula is C22H25Cl2N5O2. The van der Waals surface area contributed by atoms with Crippen LogP contribution in [-0.2, 0) is 4.74 Å². The smallest absolute Gasteiger partial charge is 0.409 e. The number of hydrogen-bond donors (Lipinski definition) is 2. The molecule has 0 saturated carbocycles. The number of ether oxygens (including phenoxy) is 1. The van der Waals surface area contributed by atoms with Crippen molar-refractivity contribution >= 4 is 30.9 Å². The molecule has 1 unspecified atom stereocenters. The third-order valence-corrected chi connectivity index (χ3v) is 5.86. The van der Waals surface area contributed by atoms with Gasteiger partial charge in [0.2, 0.25) is 0 Å². The van der Waals surface area contributed by atoms with E-state index >= 15 is 0 Å². The van der Waals surface area contributed by atoms with Gasteiger partial charge in [0, 0.05) is 25.6 Å². The lowest BCUT2D eigenvalue weighted by molar-refractivity contribution is 0.0879. The van der Waals surface area contributed by atoms with Crippen LogP contribution in [0.15, 0.2) is 48.5 Å². The van der Waals surface area contributed by atoms with Gasteiger partial charge in [-0.25, -0.2) is 4.79 Å². The van der Waals surface area contributed by atoms with Gasteiger partial charge in [-0.15, -0.1) is 24.8 Å². The van der Waals surface area contributed by atoms with E-state index in [2.05, 4.69) is 57.1 Å². The second-order valence-electron chi connectivity index (χ2n) is 7.55. The highest BCUT2D eigenvalue weighted by atomic mass is 35.5. The Bertz CT molecular complexity index is 1010. The molecule has 1 amide bonds. The first-order valence-electron chi connectivity index (χ1n) is 9.93. The summed E-state index contributed by atoms with van der Waals surface area (Å²) in [5.41, 5.74) is 6.59. The molecule has 0 radical (unpaired) electrons. The maximum atomic E-state index is 12.8. The van der Waals surface area contributed by atoms with Crippen LogP contribution in [0.2, 0.25) is 0 Å². The zero-order valence-corrected chi connectivity index (χ0v) is 18.7. The van der Waals surface area contributed by atoms with Gasteiger partial charge in [0.25, 0.3) is 0 Å². The topological polar surface area (TPSA) is 83.1 Å². The number of fused-ring (bicyclic) bond motifs is 3. The molecule has 2 heterocycles. The Labute approximate surface area is 193 Å². The molecule has 0 bridgehead atoms. The summed E-state index contributed by atoms with van der Waals surface area (Å²) in [6.07, 6.45) is -0.278. The lowest BCUT2D eigenvalue weighted by atomic mass is 9.98. The monoisotopic (exact) mass is 461 g/mol. The van der Waals surface area contributed by atoms with Gasteiger partial charge < -0.3 is 15.0 Å². The van der Waals surface area contributed by atoms with Crippen molar-refractivity contribution in [1.82, 2.24) is 25.6 Å². The number of nitrogens with zero attached hydrogens (tertiary/aromatic N) is 3. The Kier molecular flexibility index (Phi) is 7.20. The van der Waals surface area contributed by atoms with Gasteiger partial charge in [-0.05, 0) is 29.2 Å². The standard InChI is InChI=1S/C22H23N5O2.2ClH/c1-14-21(25-26-24-14)20-12-27(11-10-23-20)22(28)29-13-19-17-8-4-2-6-15(17)16-7-3-5-9-18(16)19;;/h2-9,19-20,23H,10-13H2,1H3,(H,24,25,26);2*1H. The minimum Gasteiger partial charge on any atom is -0.448 e. The molecule has 31 heavy (non-hydrogen) atoms. The highest BCUT2D eigenvalue weighted by Crippen LogP contribution is 2.44. The zero-order valence-electron chi connectivity index (χ0n) is 17.1. The van der Waals surface area contributed by atoms with Crippen LogP contribution < -0.4 is 5.32 Å². The summed E-state index contributed by atoms with van der Waals surface area (Å²) < 4.78 is 5.79. The molecule has 1 atom stereocenters. The molecule has 3 aromatic rings. The maximum Gasteiger partial charge on any atom is 0.409 e. The SMILES string of the molecule is Cc1n[nH]nc1C1CN(C(=O)OCC2c3ccccc3-c3ccccc32)CCN1.Cl.Cl. The third kappa shape index (κ3) is 4.26. The quantitative estimate of drug-likeness (QED) is 0.618. The average Bonchev–Trinajstić information content (AvgIpc) is 3.33. The molecular weight excluding hydrogens is 437 g/mol. The van der Waals surface area contributed by atoms with Gasteiger partial charge in [0.1, 0.15) is 12.3 Å². The summed E-state index contributed by atoms with van der Waals surface area (Å²) in [6, 6.07) is 16.7. The van der Waals surface area contributed by atoms with E-state index in [1.165, 1.54) is 22.3 Å². The predicted molar refractivity (Wildman–Crippen MR) is 123 cm³/mol. The zero-order chi connectivity index (χ0) is 19.8. The minimum absolute atomic E-state index is 0. The lowest BCUT2D eigenvalue weighted by Gasteiger charge is -2.32. The molecule has 1 fully saturated rings. The average molecular weight is 462 g/mol. The molecule has 2 aromatic carbocycles. The third-order valence-electron chi connectivity index (χ3n) is 5.86. The lowest BCUT2D eigenvalue weighted by Crippen LogP contribution is -2.48. The number of nitrogens with one attached hydrogen (secondary N) is 2. The second-order valence-corrected chi connectivity index (χ2v) is 7.55. The van der Waals surface area contributed by atoms with Crippen LogP contribution in [-0.4, -0.2) is 52.6 Å². The summed E-state index contributed by atoms with van der Waals surface area (Å²) in [5, 5.41) is 14.3. The van der Waals surface area contributed by atoms with Crippen LogP contribution in [0.3, 0.4) is 0 Å². The fourth-order valence-corrected chi connectivity index (χ4v) is 4.41. The van der Waals surface area contributed by atoms with Crippen LogP contribution in [0.25, 0.3) is 11.1 Å². The van der Waals surface area contributed by atoms with E-state index in [9.17, 15) is 4.79 Å². The van der Waals surface area contributed by atoms with Gasteiger partial charge in [-0.2, -0.15) is 15.4 Å².